The number of rotatable bonds is 4. The average molecular weight is 489 g/mol. The third kappa shape index (κ3) is 3.19. The van der Waals surface area contributed by atoms with Crippen LogP contribution in [0.25, 0.3) is 32.2 Å². The van der Waals surface area contributed by atoms with Crippen molar-refractivity contribution in [2.45, 2.75) is 30.8 Å². The maximum atomic E-state index is 15.9. The summed E-state index contributed by atoms with van der Waals surface area (Å²) in [4.78, 5) is 12.9. The van der Waals surface area contributed by atoms with Crippen LogP contribution in [0.2, 0.25) is 5.02 Å². The van der Waals surface area contributed by atoms with E-state index in [1.807, 2.05) is 0 Å². The zero-order valence-electron chi connectivity index (χ0n) is 17.5. The first-order valence-electron chi connectivity index (χ1n) is 10.5. The van der Waals surface area contributed by atoms with Gasteiger partial charge in [0.2, 0.25) is 0 Å². The Bertz CT molecular complexity index is 1430. The molecular formula is C22H19ClF2N6OS. The summed E-state index contributed by atoms with van der Waals surface area (Å²) >= 11 is 7.58. The molecular weight excluding hydrogens is 470 g/mol. The van der Waals surface area contributed by atoms with Crippen LogP contribution < -0.4 is 21.1 Å². The maximum Gasteiger partial charge on any atom is 0.318 e. The van der Waals surface area contributed by atoms with E-state index in [4.69, 9.17) is 22.1 Å². The number of thiazole rings is 1. The molecule has 6 rings (SSSR count). The van der Waals surface area contributed by atoms with Gasteiger partial charge in [-0.2, -0.15) is 9.97 Å². The smallest absolute Gasteiger partial charge is 0.318 e. The van der Waals surface area contributed by atoms with Crippen LogP contribution in [0, 0.1) is 11.6 Å². The number of benzene rings is 2. The fourth-order valence-corrected chi connectivity index (χ4v) is 5.88. The number of fused-ring (bicyclic) bond motifs is 2. The Kier molecular flexibility index (Phi) is 4.62. The second kappa shape index (κ2) is 7.34. The van der Waals surface area contributed by atoms with E-state index in [9.17, 15) is 4.39 Å². The molecule has 7 nitrogen and oxygen atoms in total. The van der Waals surface area contributed by atoms with Gasteiger partial charge in [0.15, 0.2) is 10.9 Å². The Balaban J connectivity index is 1.50. The predicted octanol–water partition coefficient (Wildman–Crippen LogP) is 4.74. The molecule has 2 aliphatic rings. The van der Waals surface area contributed by atoms with Gasteiger partial charge < -0.3 is 21.1 Å². The van der Waals surface area contributed by atoms with E-state index in [1.165, 1.54) is 19.2 Å². The standard InChI is InChI=1S/C22H19ClF2N6OS/c1-32-21-30-16-11(19(31-21)28-9-7-22(8-9)4-5-27-22)6-12(23)14(15(16)25)10-2-3-13(24)18-17(10)29-20(26)33-18/h2-3,6,9,27H,4-5,7-8H2,1H3,(H2,26,29)(H,28,30,31). The number of ether oxygens (including phenoxy) is 1. The van der Waals surface area contributed by atoms with Gasteiger partial charge in [0.25, 0.3) is 0 Å². The highest BCUT2D eigenvalue weighted by Crippen LogP contribution is 2.44. The van der Waals surface area contributed by atoms with Crippen molar-refractivity contribution >= 4 is 55.0 Å². The number of methoxy groups -OCH3 is 1. The minimum atomic E-state index is -0.661. The van der Waals surface area contributed by atoms with Gasteiger partial charge in [0, 0.05) is 28.1 Å². The van der Waals surface area contributed by atoms with Crippen molar-refractivity contribution in [1.82, 2.24) is 20.3 Å². The number of nitrogens with zero attached hydrogens (tertiary/aromatic N) is 3. The number of aromatic nitrogens is 3. The van der Waals surface area contributed by atoms with Crippen LogP contribution in [0.4, 0.5) is 19.7 Å². The van der Waals surface area contributed by atoms with Crippen molar-refractivity contribution in [3.63, 3.8) is 0 Å². The Labute approximate surface area is 196 Å². The molecule has 3 heterocycles. The van der Waals surface area contributed by atoms with E-state index in [2.05, 4.69) is 25.6 Å². The number of hydrogen-bond donors (Lipinski definition) is 3. The van der Waals surface area contributed by atoms with Gasteiger partial charge >= 0.3 is 6.01 Å². The highest BCUT2D eigenvalue weighted by atomic mass is 35.5. The number of hydrogen-bond acceptors (Lipinski definition) is 8. The van der Waals surface area contributed by atoms with Crippen LogP contribution in [-0.2, 0) is 0 Å². The van der Waals surface area contributed by atoms with Crippen molar-refractivity contribution < 1.29 is 13.5 Å². The number of nitrogen functional groups attached to an aromatic ring is 1. The molecule has 4 aromatic rings. The third-order valence-corrected chi connectivity index (χ3v) is 7.74. The van der Waals surface area contributed by atoms with Crippen molar-refractivity contribution in [2.24, 2.45) is 0 Å². The average Bonchev–Trinajstić information content (AvgIpc) is 3.13. The molecule has 1 aliphatic carbocycles. The minimum Gasteiger partial charge on any atom is -0.467 e. The highest BCUT2D eigenvalue weighted by molar-refractivity contribution is 7.22. The lowest BCUT2D eigenvalue weighted by Gasteiger charge is -2.55. The molecule has 33 heavy (non-hydrogen) atoms. The van der Waals surface area contributed by atoms with Crippen LogP contribution in [-0.4, -0.2) is 40.2 Å². The van der Waals surface area contributed by atoms with Gasteiger partial charge in [-0.05, 0) is 44.0 Å². The molecule has 0 amide bonds. The summed E-state index contributed by atoms with van der Waals surface area (Å²) < 4.78 is 35.7. The van der Waals surface area contributed by atoms with E-state index in [0.29, 0.717) is 16.8 Å². The molecule has 2 fully saturated rings. The van der Waals surface area contributed by atoms with Crippen molar-refractivity contribution in [3.8, 4) is 17.1 Å². The molecule has 0 atom stereocenters. The van der Waals surface area contributed by atoms with Crippen LogP contribution >= 0.6 is 22.9 Å². The van der Waals surface area contributed by atoms with Crippen LogP contribution in [0.3, 0.4) is 0 Å². The molecule has 1 saturated carbocycles. The second-order valence-corrected chi connectivity index (χ2v) is 9.97. The number of anilines is 2. The number of nitrogens with two attached hydrogens (primary N) is 1. The fraction of sp³-hybridized carbons (Fsp3) is 0.318. The molecule has 2 aromatic heterocycles. The third-order valence-electron chi connectivity index (χ3n) is 6.55. The summed E-state index contributed by atoms with van der Waals surface area (Å²) in [6, 6.07) is 4.57. The van der Waals surface area contributed by atoms with E-state index in [1.54, 1.807) is 6.07 Å². The second-order valence-electron chi connectivity index (χ2n) is 8.53. The Morgan fingerprint density at radius 2 is 2.03 bits per heavy atom. The summed E-state index contributed by atoms with van der Waals surface area (Å²) in [5, 5.41) is 7.65. The number of nitrogens with one attached hydrogen (secondary N) is 2. The van der Waals surface area contributed by atoms with E-state index >= 15 is 4.39 Å². The molecule has 0 bridgehead atoms. The maximum absolute atomic E-state index is 15.9. The quantitative estimate of drug-likeness (QED) is 0.382. The molecule has 1 saturated heterocycles. The zero-order chi connectivity index (χ0) is 22.9. The number of halogens is 3. The lowest BCUT2D eigenvalue weighted by Crippen LogP contribution is -2.67. The Morgan fingerprint density at radius 3 is 2.73 bits per heavy atom. The molecule has 1 aliphatic heterocycles. The van der Waals surface area contributed by atoms with E-state index in [-0.39, 0.29) is 49.0 Å². The topological polar surface area (TPSA) is 98.0 Å². The molecule has 0 radical (unpaired) electrons. The SMILES string of the molecule is COc1nc(NC2CC3(CCN3)C2)c2cc(Cl)c(-c3ccc(F)c4sc(N)nc34)c(F)c2n1. The highest BCUT2D eigenvalue weighted by Gasteiger charge is 2.48. The van der Waals surface area contributed by atoms with Gasteiger partial charge in [-0.25, -0.2) is 13.8 Å². The molecule has 170 valence electrons. The van der Waals surface area contributed by atoms with Gasteiger partial charge in [0.05, 0.1) is 22.3 Å². The minimum absolute atomic E-state index is 0.0372. The Hall–Kier alpha value is -2.82. The van der Waals surface area contributed by atoms with Crippen molar-refractivity contribution in [3.05, 3.63) is 34.9 Å². The molecule has 0 unspecified atom stereocenters. The molecule has 11 heteroatoms. The largest absolute Gasteiger partial charge is 0.467 e. The van der Waals surface area contributed by atoms with Gasteiger partial charge in [-0.1, -0.05) is 22.9 Å². The molecule has 1 spiro atoms. The Morgan fingerprint density at radius 1 is 1.24 bits per heavy atom. The summed E-state index contributed by atoms with van der Waals surface area (Å²) in [6.07, 6.45) is 3.10. The van der Waals surface area contributed by atoms with Gasteiger partial charge in [-0.15, -0.1) is 0 Å². The van der Waals surface area contributed by atoms with Crippen LogP contribution in [0.1, 0.15) is 19.3 Å². The van der Waals surface area contributed by atoms with Gasteiger partial charge in [-0.3, -0.25) is 0 Å². The zero-order valence-corrected chi connectivity index (χ0v) is 19.1. The van der Waals surface area contributed by atoms with Crippen molar-refractivity contribution in [1.29, 1.82) is 0 Å². The molecule has 4 N–H and O–H groups in total. The predicted molar refractivity (Wildman–Crippen MR) is 126 cm³/mol. The van der Waals surface area contributed by atoms with Crippen LogP contribution in [0.15, 0.2) is 18.2 Å². The molecule has 2 aromatic carbocycles. The summed E-state index contributed by atoms with van der Waals surface area (Å²) in [7, 11) is 1.43. The normalized spacial score (nSPS) is 21.9. The summed E-state index contributed by atoms with van der Waals surface area (Å²) in [6.45, 7) is 1.04. The van der Waals surface area contributed by atoms with Crippen LogP contribution in [0.5, 0.6) is 6.01 Å². The first-order valence-corrected chi connectivity index (χ1v) is 11.7. The van der Waals surface area contributed by atoms with Gasteiger partial charge in [0.1, 0.15) is 17.2 Å². The lowest BCUT2D eigenvalue weighted by molar-refractivity contribution is 0.0872. The van der Waals surface area contributed by atoms with Crippen molar-refractivity contribution in [2.75, 3.05) is 24.7 Å². The first kappa shape index (κ1) is 20.8. The lowest BCUT2D eigenvalue weighted by atomic mass is 9.66. The van der Waals surface area contributed by atoms with E-state index in [0.717, 1.165) is 37.1 Å². The summed E-state index contributed by atoms with van der Waals surface area (Å²) in [5.41, 5.74) is 6.75. The fourth-order valence-electron chi connectivity index (χ4n) is 4.82. The van der Waals surface area contributed by atoms with E-state index < -0.39 is 11.6 Å². The monoisotopic (exact) mass is 488 g/mol. The first-order chi connectivity index (χ1) is 15.9. The summed E-state index contributed by atoms with van der Waals surface area (Å²) in [5.74, 6) is -0.674.